The maximum Gasteiger partial charge on any atom is 0.224 e. The van der Waals surface area contributed by atoms with Crippen LogP contribution < -0.4 is 5.32 Å². The molecule has 1 heterocycles. The smallest absolute Gasteiger partial charge is 0.224 e. The highest BCUT2D eigenvalue weighted by atomic mass is 16.1. The lowest BCUT2D eigenvalue weighted by molar-refractivity contribution is -0.120. The van der Waals surface area contributed by atoms with Crippen LogP contribution in [0.25, 0.3) is 0 Å². The van der Waals surface area contributed by atoms with Crippen molar-refractivity contribution in [1.29, 1.82) is 0 Å². The van der Waals surface area contributed by atoms with Crippen LogP contribution in [0, 0.1) is 13.8 Å². The second-order valence-electron chi connectivity index (χ2n) is 5.86. The van der Waals surface area contributed by atoms with E-state index in [1.165, 1.54) is 37.1 Å². The average Bonchev–Trinajstić information content (AvgIpc) is 2.92. The summed E-state index contributed by atoms with van der Waals surface area (Å²) in [6, 6.07) is 6.29. The minimum Gasteiger partial charge on any atom is -0.356 e. The lowest BCUT2D eigenvalue weighted by atomic mass is 10.0. The Hall–Kier alpha value is -1.35. The first-order chi connectivity index (χ1) is 9.65. The van der Waals surface area contributed by atoms with E-state index in [1.54, 1.807) is 0 Å². The fourth-order valence-corrected chi connectivity index (χ4v) is 2.76. The third kappa shape index (κ3) is 4.64. The van der Waals surface area contributed by atoms with E-state index in [9.17, 15) is 4.79 Å². The van der Waals surface area contributed by atoms with Crippen LogP contribution in [-0.4, -0.2) is 37.0 Å². The van der Waals surface area contributed by atoms with Crippen molar-refractivity contribution in [3.05, 3.63) is 34.9 Å². The van der Waals surface area contributed by atoms with E-state index >= 15 is 0 Å². The number of aryl methyl sites for hydroxylation is 2. The van der Waals surface area contributed by atoms with Crippen LogP contribution >= 0.6 is 0 Å². The zero-order valence-electron chi connectivity index (χ0n) is 12.7. The Morgan fingerprint density at radius 3 is 2.75 bits per heavy atom. The molecule has 0 aromatic heterocycles. The summed E-state index contributed by atoms with van der Waals surface area (Å²) in [7, 11) is 0. The summed E-state index contributed by atoms with van der Waals surface area (Å²) in [6.07, 6.45) is 4.22. The van der Waals surface area contributed by atoms with Crippen LogP contribution in [-0.2, 0) is 11.2 Å². The first-order valence-electron chi connectivity index (χ1n) is 7.70. The molecule has 0 atom stereocenters. The van der Waals surface area contributed by atoms with Crippen LogP contribution in [0.4, 0.5) is 0 Å². The fraction of sp³-hybridized carbons (Fsp3) is 0.588. The van der Waals surface area contributed by atoms with E-state index in [0.717, 1.165) is 25.1 Å². The molecule has 1 aromatic carbocycles. The first-order valence-corrected chi connectivity index (χ1v) is 7.70. The number of hydrogen-bond acceptors (Lipinski definition) is 2. The largest absolute Gasteiger partial charge is 0.356 e. The van der Waals surface area contributed by atoms with Crippen LogP contribution in [0.1, 0.15) is 36.0 Å². The van der Waals surface area contributed by atoms with Gasteiger partial charge in [-0.1, -0.05) is 23.8 Å². The summed E-state index contributed by atoms with van der Waals surface area (Å²) >= 11 is 0. The third-order valence-corrected chi connectivity index (χ3v) is 4.03. The van der Waals surface area contributed by atoms with Crippen LogP contribution in [0.3, 0.4) is 0 Å². The molecule has 0 unspecified atom stereocenters. The fourth-order valence-electron chi connectivity index (χ4n) is 2.76. The van der Waals surface area contributed by atoms with Crippen molar-refractivity contribution in [2.45, 2.75) is 39.5 Å². The van der Waals surface area contributed by atoms with Gasteiger partial charge in [0, 0.05) is 6.54 Å². The SMILES string of the molecule is Cc1ccc(C)c(CC(=O)NCCCN2CCCC2)c1. The normalized spacial score (nSPS) is 15.5. The summed E-state index contributed by atoms with van der Waals surface area (Å²) in [4.78, 5) is 14.4. The molecule has 1 aromatic rings. The lowest BCUT2D eigenvalue weighted by Crippen LogP contribution is -2.29. The molecule has 1 amide bonds. The summed E-state index contributed by atoms with van der Waals surface area (Å²) in [5.74, 6) is 0.139. The molecule has 0 saturated carbocycles. The molecule has 0 spiro atoms. The monoisotopic (exact) mass is 274 g/mol. The molecule has 0 radical (unpaired) electrons. The maximum atomic E-state index is 11.9. The van der Waals surface area contributed by atoms with E-state index in [2.05, 4.69) is 42.3 Å². The molecule has 3 heteroatoms. The van der Waals surface area contributed by atoms with Crippen molar-refractivity contribution in [3.8, 4) is 0 Å². The summed E-state index contributed by atoms with van der Waals surface area (Å²) < 4.78 is 0. The van der Waals surface area contributed by atoms with Gasteiger partial charge < -0.3 is 10.2 Å². The Labute approximate surface area is 122 Å². The molecule has 1 aliphatic heterocycles. The maximum absolute atomic E-state index is 11.9. The Kier molecular flexibility index (Phi) is 5.60. The zero-order chi connectivity index (χ0) is 14.4. The molecular weight excluding hydrogens is 248 g/mol. The van der Waals surface area contributed by atoms with E-state index in [-0.39, 0.29) is 5.91 Å². The van der Waals surface area contributed by atoms with E-state index in [0.29, 0.717) is 6.42 Å². The average molecular weight is 274 g/mol. The van der Waals surface area contributed by atoms with Gasteiger partial charge in [-0.25, -0.2) is 0 Å². The van der Waals surface area contributed by atoms with Gasteiger partial charge in [0.15, 0.2) is 0 Å². The number of benzene rings is 1. The zero-order valence-corrected chi connectivity index (χ0v) is 12.7. The van der Waals surface area contributed by atoms with Gasteiger partial charge in [0.1, 0.15) is 0 Å². The van der Waals surface area contributed by atoms with E-state index in [1.807, 2.05) is 0 Å². The van der Waals surface area contributed by atoms with Gasteiger partial charge in [0.2, 0.25) is 5.91 Å². The Balaban J connectivity index is 1.68. The molecule has 1 fully saturated rings. The molecule has 0 aliphatic carbocycles. The Morgan fingerprint density at radius 2 is 2.00 bits per heavy atom. The number of hydrogen-bond donors (Lipinski definition) is 1. The van der Waals surface area contributed by atoms with Gasteiger partial charge >= 0.3 is 0 Å². The van der Waals surface area contributed by atoms with Gasteiger partial charge in [-0.3, -0.25) is 4.79 Å². The lowest BCUT2D eigenvalue weighted by Gasteiger charge is -2.14. The number of likely N-dealkylation sites (tertiary alicyclic amines) is 1. The molecule has 1 aliphatic rings. The van der Waals surface area contributed by atoms with Crippen molar-refractivity contribution >= 4 is 5.91 Å². The second kappa shape index (κ2) is 7.44. The summed E-state index contributed by atoms with van der Waals surface area (Å²) in [6.45, 7) is 8.50. The Bertz CT molecular complexity index is 450. The van der Waals surface area contributed by atoms with Crippen molar-refractivity contribution in [1.82, 2.24) is 10.2 Å². The van der Waals surface area contributed by atoms with E-state index < -0.39 is 0 Å². The van der Waals surface area contributed by atoms with Gasteiger partial charge in [-0.15, -0.1) is 0 Å². The minimum absolute atomic E-state index is 0.139. The van der Waals surface area contributed by atoms with Gasteiger partial charge in [0.25, 0.3) is 0 Å². The summed E-state index contributed by atoms with van der Waals surface area (Å²) in [5, 5.41) is 3.04. The van der Waals surface area contributed by atoms with Crippen LogP contribution in [0.5, 0.6) is 0 Å². The molecule has 1 saturated heterocycles. The van der Waals surface area contributed by atoms with Crippen molar-refractivity contribution in [3.63, 3.8) is 0 Å². The number of amides is 1. The molecule has 110 valence electrons. The highest BCUT2D eigenvalue weighted by Crippen LogP contribution is 2.11. The van der Waals surface area contributed by atoms with Crippen molar-refractivity contribution in [2.24, 2.45) is 0 Å². The third-order valence-electron chi connectivity index (χ3n) is 4.03. The highest BCUT2D eigenvalue weighted by molar-refractivity contribution is 5.78. The number of carbonyl (C=O) groups is 1. The van der Waals surface area contributed by atoms with E-state index in [4.69, 9.17) is 0 Å². The highest BCUT2D eigenvalue weighted by Gasteiger charge is 2.11. The van der Waals surface area contributed by atoms with Gasteiger partial charge in [0.05, 0.1) is 6.42 Å². The van der Waals surface area contributed by atoms with Crippen molar-refractivity contribution in [2.75, 3.05) is 26.2 Å². The van der Waals surface area contributed by atoms with Gasteiger partial charge in [-0.2, -0.15) is 0 Å². The van der Waals surface area contributed by atoms with Gasteiger partial charge in [-0.05, 0) is 63.9 Å². The van der Waals surface area contributed by atoms with Crippen LogP contribution in [0.2, 0.25) is 0 Å². The molecular formula is C17H26N2O. The number of carbonyl (C=O) groups excluding carboxylic acids is 1. The number of nitrogens with zero attached hydrogens (tertiary/aromatic N) is 1. The molecule has 3 nitrogen and oxygen atoms in total. The quantitative estimate of drug-likeness (QED) is 0.808. The molecule has 0 bridgehead atoms. The molecule has 1 N–H and O–H groups in total. The topological polar surface area (TPSA) is 32.3 Å². The first kappa shape index (κ1) is 15.0. The minimum atomic E-state index is 0.139. The Morgan fingerprint density at radius 1 is 1.25 bits per heavy atom. The molecule has 20 heavy (non-hydrogen) atoms. The predicted octanol–water partition coefficient (Wildman–Crippen LogP) is 2.45. The summed E-state index contributed by atoms with van der Waals surface area (Å²) in [5.41, 5.74) is 3.55. The number of rotatable bonds is 6. The van der Waals surface area contributed by atoms with Crippen molar-refractivity contribution < 1.29 is 4.79 Å². The molecule has 2 rings (SSSR count). The number of nitrogens with one attached hydrogen (secondary N) is 1. The predicted molar refractivity (Wildman–Crippen MR) is 82.9 cm³/mol. The van der Waals surface area contributed by atoms with Crippen LogP contribution in [0.15, 0.2) is 18.2 Å². The second-order valence-corrected chi connectivity index (χ2v) is 5.86. The standard InChI is InChI=1S/C17H26N2O/c1-14-6-7-15(2)16(12-14)13-17(20)18-8-5-11-19-9-3-4-10-19/h6-7,12H,3-5,8-11,13H2,1-2H3,(H,18,20).